The minimum absolute atomic E-state index is 0.614. The molecule has 0 radical (unpaired) electrons. The SMILES string of the molecule is c1csc(Cn2ccnc2NC2CCCCC2)c1. The second kappa shape index (κ2) is 5.57. The molecule has 0 saturated heterocycles. The fourth-order valence-corrected chi connectivity index (χ4v) is 3.28. The summed E-state index contributed by atoms with van der Waals surface area (Å²) in [6, 6.07) is 4.89. The number of nitrogens with one attached hydrogen (secondary N) is 1. The van der Waals surface area contributed by atoms with Gasteiger partial charge in [-0.05, 0) is 24.3 Å². The number of rotatable bonds is 4. The zero-order chi connectivity index (χ0) is 12.2. The van der Waals surface area contributed by atoms with Crippen LogP contribution in [-0.2, 0) is 6.54 Å². The van der Waals surface area contributed by atoms with Crippen molar-refractivity contribution in [3.63, 3.8) is 0 Å². The first-order valence-corrected chi connectivity index (χ1v) is 7.60. The van der Waals surface area contributed by atoms with E-state index in [9.17, 15) is 0 Å². The standard InChI is InChI=1S/C14H19N3S/c1-2-5-12(6-3-1)16-14-15-8-9-17(14)11-13-7-4-10-18-13/h4,7-10,12H,1-3,5-6,11H2,(H,15,16). The van der Waals surface area contributed by atoms with Crippen molar-refractivity contribution in [2.45, 2.75) is 44.7 Å². The molecule has 4 heteroatoms. The summed E-state index contributed by atoms with van der Waals surface area (Å²) in [7, 11) is 0. The normalized spacial score (nSPS) is 16.9. The number of thiophene rings is 1. The summed E-state index contributed by atoms with van der Waals surface area (Å²) in [6.07, 6.45) is 10.6. The highest BCUT2D eigenvalue weighted by molar-refractivity contribution is 7.09. The van der Waals surface area contributed by atoms with Crippen molar-refractivity contribution >= 4 is 17.3 Å². The highest BCUT2D eigenvalue weighted by Gasteiger charge is 2.15. The second-order valence-corrected chi connectivity index (χ2v) is 5.97. The predicted molar refractivity (Wildman–Crippen MR) is 76.1 cm³/mol. The molecule has 1 aliphatic carbocycles. The maximum Gasteiger partial charge on any atom is 0.203 e. The molecule has 3 nitrogen and oxygen atoms in total. The van der Waals surface area contributed by atoms with Gasteiger partial charge in [0, 0.05) is 23.3 Å². The third-order valence-corrected chi connectivity index (χ3v) is 4.42. The topological polar surface area (TPSA) is 29.9 Å². The molecule has 0 atom stereocenters. The van der Waals surface area contributed by atoms with E-state index in [4.69, 9.17) is 0 Å². The fourth-order valence-electron chi connectivity index (χ4n) is 2.58. The molecule has 0 aliphatic heterocycles. The molecular formula is C14H19N3S. The molecule has 18 heavy (non-hydrogen) atoms. The Labute approximate surface area is 112 Å². The highest BCUT2D eigenvalue weighted by Crippen LogP contribution is 2.21. The zero-order valence-corrected chi connectivity index (χ0v) is 11.3. The number of nitrogens with zero attached hydrogens (tertiary/aromatic N) is 2. The van der Waals surface area contributed by atoms with Gasteiger partial charge in [0.25, 0.3) is 0 Å². The van der Waals surface area contributed by atoms with E-state index in [0.717, 1.165) is 12.5 Å². The van der Waals surface area contributed by atoms with E-state index in [0.29, 0.717) is 6.04 Å². The summed E-state index contributed by atoms with van der Waals surface area (Å²) in [4.78, 5) is 5.82. The van der Waals surface area contributed by atoms with Crippen molar-refractivity contribution < 1.29 is 0 Å². The lowest BCUT2D eigenvalue weighted by Gasteiger charge is -2.23. The van der Waals surface area contributed by atoms with Crippen molar-refractivity contribution in [2.75, 3.05) is 5.32 Å². The maximum absolute atomic E-state index is 4.45. The number of imidazole rings is 1. The number of hydrogen-bond acceptors (Lipinski definition) is 3. The van der Waals surface area contributed by atoms with E-state index < -0.39 is 0 Å². The van der Waals surface area contributed by atoms with Crippen LogP contribution in [0.5, 0.6) is 0 Å². The monoisotopic (exact) mass is 261 g/mol. The van der Waals surface area contributed by atoms with Gasteiger partial charge in [0.1, 0.15) is 0 Å². The molecule has 1 fully saturated rings. The molecule has 96 valence electrons. The Morgan fingerprint density at radius 2 is 2.22 bits per heavy atom. The van der Waals surface area contributed by atoms with Crippen LogP contribution in [0.3, 0.4) is 0 Å². The second-order valence-electron chi connectivity index (χ2n) is 4.94. The Morgan fingerprint density at radius 1 is 1.33 bits per heavy atom. The lowest BCUT2D eigenvalue weighted by atomic mass is 9.96. The summed E-state index contributed by atoms with van der Waals surface area (Å²) in [6.45, 7) is 0.923. The quantitative estimate of drug-likeness (QED) is 0.908. The van der Waals surface area contributed by atoms with Gasteiger partial charge in [-0.15, -0.1) is 11.3 Å². The van der Waals surface area contributed by atoms with Crippen molar-refractivity contribution in [3.8, 4) is 0 Å². The zero-order valence-electron chi connectivity index (χ0n) is 10.5. The third-order valence-electron chi connectivity index (χ3n) is 3.56. The van der Waals surface area contributed by atoms with E-state index >= 15 is 0 Å². The Hall–Kier alpha value is -1.29. The number of aromatic nitrogens is 2. The number of hydrogen-bond donors (Lipinski definition) is 1. The van der Waals surface area contributed by atoms with E-state index in [-0.39, 0.29) is 0 Å². The molecule has 3 rings (SSSR count). The largest absolute Gasteiger partial charge is 0.353 e. The first-order valence-electron chi connectivity index (χ1n) is 6.72. The van der Waals surface area contributed by atoms with Crippen molar-refractivity contribution in [2.24, 2.45) is 0 Å². The lowest BCUT2D eigenvalue weighted by molar-refractivity contribution is 0.459. The molecule has 2 aromatic rings. The third kappa shape index (κ3) is 2.75. The minimum atomic E-state index is 0.614. The molecule has 1 aliphatic rings. The Morgan fingerprint density at radius 3 is 3.00 bits per heavy atom. The van der Waals surface area contributed by atoms with Gasteiger partial charge in [-0.1, -0.05) is 25.3 Å². The van der Waals surface area contributed by atoms with Crippen molar-refractivity contribution in [1.29, 1.82) is 0 Å². The molecule has 1 saturated carbocycles. The van der Waals surface area contributed by atoms with E-state index in [1.54, 1.807) is 11.3 Å². The van der Waals surface area contributed by atoms with Gasteiger partial charge in [-0.25, -0.2) is 4.98 Å². The van der Waals surface area contributed by atoms with Gasteiger partial charge in [0.2, 0.25) is 5.95 Å². The molecule has 2 heterocycles. The summed E-state index contributed by atoms with van der Waals surface area (Å²) < 4.78 is 2.21. The van der Waals surface area contributed by atoms with Crippen LogP contribution in [0.4, 0.5) is 5.95 Å². The summed E-state index contributed by atoms with van der Waals surface area (Å²) >= 11 is 1.80. The molecule has 0 unspecified atom stereocenters. The summed E-state index contributed by atoms with van der Waals surface area (Å²) in [5.74, 6) is 1.02. The van der Waals surface area contributed by atoms with Crippen LogP contribution in [0, 0.1) is 0 Å². The van der Waals surface area contributed by atoms with Gasteiger partial charge in [-0.3, -0.25) is 0 Å². The molecule has 1 N–H and O–H groups in total. The average Bonchev–Trinajstić information content (AvgIpc) is 3.04. The van der Waals surface area contributed by atoms with Crippen molar-refractivity contribution in [3.05, 3.63) is 34.8 Å². The smallest absolute Gasteiger partial charge is 0.203 e. The van der Waals surface area contributed by atoms with Gasteiger partial charge >= 0.3 is 0 Å². The van der Waals surface area contributed by atoms with Crippen LogP contribution in [0.1, 0.15) is 37.0 Å². The molecule has 0 amide bonds. The predicted octanol–water partition coefficient (Wildman–Crippen LogP) is 3.74. The minimum Gasteiger partial charge on any atom is -0.353 e. The summed E-state index contributed by atoms with van der Waals surface area (Å²) in [5, 5.41) is 5.72. The molecule has 0 spiro atoms. The van der Waals surface area contributed by atoms with Crippen LogP contribution in [0.15, 0.2) is 29.9 Å². The molecule has 0 aromatic carbocycles. The van der Waals surface area contributed by atoms with Crippen LogP contribution in [0.25, 0.3) is 0 Å². The highest BCUT2D eigenvalue weighted by atomic mass is 32.1. The Kier molecular flexibility index (Phi) is 3.64. The van der Waals surface area contributed by atoms with Gasteiger partial charge in [0.15, 0.2) is 0 Å². The van der Waals surface area contributed by atoms with Crippen LogP contribution in [0.2, 0.25) is 0 Å². The molecule has 2 aromatic heterocycles. The Bertz CT molecular complexity index is 469. The summed E-state index contributed by atoms with van der Waals surface area (Å²) in [5.41, 5.74) is 0. The van der Waals surface area contributed by atoms with E-state index in [2.05, 4.69) is 38.6 Å². The maximum atomic E-state index is 4.45. The van der Waals surface area contributed by atoms with E-state index in [1.165, 1.54) is 37.0 Å². The van der Waals surface area contributed by atoms with E-state index in [1.807, 2.05) is 6.20 Å². The fraction of sp³-hybridized carbons (Fsp3) is 0.500. The first-order chi connectivity index (χ1) is 8.92. The van der Waals surface area contributed by atoms with Gasteiger partial charge in [0.05, 0.1) is 6.54 Å². The average molecular weight is 261 g/mol. The first kappa shape index (κ1) is 11.8. The molecular weight excluding hydrogens is 242 g/mol. The van der Waals surface area contributed by atoms with Crippen LogP contribution < -0.4 is 5.32 Å². The van der Waals surface area contributed by atoms with Crippen LogP contribution in [-0.4, -0.2) is 15.6 Å². The molecule has 0 bridgehead atoms. The lowest BCUT2D eigenvalue weighted by Crippen LogP contribution is -2.24. The van der Waals surface area contributed by atoms with Gasteiger partial charge in [-0.2, -0.15) is 0 Å². The van der Waals surface area contributed by atoms with Gasteiger partial charge < -0.3 is 9.88 Å². The van der Waals surface area contributed by atoms with Crippen LogP contribution >= 0.6 is 11.3 Å². The Balaban J connectivity index is 1.67. The van der Waals surface area contributed by atoms with Crippen molar-refractivity contribution in [1.82, 2.24) is 9.55 Å². The number of anilines is 1.